The van der Waals surface area contributed by atoms with Gasteiger partial charge < -0.3 is 5.73 Å². The number of benzene rings is 1. The summed E-state index contributed by atoms with van der Waals surface area (Å²) in [5, 5.41) is 7.78. The first-order valence-corrected chi connectivity index (χ1v) is 8.05. The second-order valence-corrected chi connectivity index (χ2v) is 6.11. The van der Waals surface area contributed by atoms with Crippen LogP contribution in [0.2, 0.25) is 0 Å². The zero-order valence-corrected chi connectivity index (χ0v) is 14.4. The van der Waals surface area contributed by atoms with Crippen LogP contribution in [-0.2, 0) is 6.18 Å². The number of nitrogens with zero attached hydrogens (tertiary/aromatic N) is 5. The lowest BCUT2D eigenvalue weighted by Crippen LogP contribution is -2.10. The summed E-state index contributed by atoms with van der Waals surface area (Å²) in [5.74, 6) is -0.411. The average Bonchev–Trinajstić information content (AvgIpc) is 3.11. The molecule has 1 aromatic carbocycles. The number of hydrogen-bond donors (Lipinski definition) is 1. The third-order valence-corrected chi connectivity index (χ3v) is 4.13. The van der Waals surface area contributed by atoms with Crippen LogP contribution in [0, 0.1) is 12.7 Å². The van der Waals surface area contributed by atoms with Gasteiger partial charge in [-0.25, -0.2) is 14.4 Å². The molecule has 0 radical (unpaired) electrons. The quantitative estimate of drug-likeness (QED) is 0.527. The molecule has 10 heteroatoms. The third-order valence-electron chi connectivity index (χ3n) is 4.13. The van der Waals surface area contributed by atoms with E-state index in [9.17, 15) is 17.6 Å². The van der Waals surface area contributed by atoms with Crippen LogP contribution in [0.1, 0.15) is 11.4 Å². The van der Waals surface area contributed by atoms with Crippen LogP contribution in [-0.4, -0.2) is 24.6 Å². The van der Waals surface area contributed by atoms with Gasteiger partial charge in [0.25, 0.3) is 0 Å². The Hall–Kier alpha value is -3.56. The lowest BCUT2D eigenvalue weighted by atomic mass is 9.99. The summed E-state index contributed by atoms with van der Waals surface area (Å²) in [7, 11) is 0. The first-order chi connectivity index (χ1) is 13.2. The molecule has 0 bridgehead atoms. The van der Waals surface area contributed by atoms with Crippen molar-refractivity contribution in [3.63, 3.8) is 0 Å². The Bertz CT molecular complexity index is 1180. The Morgan fingerprint density at radius 2 is 1.71 bits per heavy atom. The van der Waals surface area contributed by atoms with Crippen molar-refractivity contribution in [2.24, 2.45) is 0 Å². The highest BCUT2D eigenvalue weighted by Gasteiger charge is 2.33. The number of anilines is 1. The maximum atomic E-state index is 13.3. The molecule has 0 aliphatic rings. The Morgan fingerprint density at radius 3 is 2.39 bits per heavy atom. The zero-order chi connectivity index (χ0) is 20.1. The fourth-order valence-electron chi connectivity index (χ4n) is 2.94. The SMILES string of the molecule is Cc1cc(-c2c(-c3ccc(F)cc3)nc(N)n3cnnc23)cc(C(F)(F)F)n1. The standard InChI is InChI=1S/C18H12F4N6/c1-9-6-11(7-13(25-9)18(20,21)22)14-15(10-2-4-12(19)5-3-10)26-17(23)28-8-24-27-16(14)28/h2-8H,1H3,(H2,23,26). The van der Waals surface area contributed by atoms with E-state index in [4.69, 9.17) is 5.73 Å². The lowest BCUT2D eigenvalue weighted by Gasteiger charge is -2.14. The molecule has 0 fully saturated rings. The van der Waals surface area contributed by atoms with Crippen LogP contribution in [0.3, 0.4) is 0 Å². The molecule has 0 atom stereocenters. The van der Waals surface area contributed by atoms with Gasteiger partial charge in [-0.05, 0) is 48.9 Å². The summed E-state index contributed by atoms with van der Waals surface area (Å²) < 4.78 is 54.5. The Labute approximate surface area is 155 Å². The molecule has 0 saturated heterocycles. The van der Waals surface area contributed by atoms with E-state index in [0.717, 1.165) is 6.07 Å². The molecule has 4 rings (SSSR count). The van der Waals surface area contributed by atoms with Gasteiger partial charge in [-0.3, -0.25) is 4.40 Å². The van der Waals surface area contributed by atoms with E-state index in [0.29, 0.717) is 5.56 Å². The van der Waals surface area contributed by atoms with Gasteiger partial charge in [0.15, 0.2) is 5.65 Å². The highest BCUT2D eigenvalue weighted by Crippen LogP contribution is 2.37. The van der Waals surface area contributed by atoms with Crippen LogP contribution in [0.15, 0.2) is 42.7 Å². The van der Waals surface area contributed by atoms with Crippen molar-refractivity contribution in [2.75, 3.05) is 5.73 Å². The number of halogens is 4. The summed E-state index contributed by atoms with van der Waals surface area (Å²) >= 11 is 0. The van der Waals surface area contributed by atoms with Gasteiger partial charge in [-0.1, -0.05) is 0 Å². The number of alkyl halides is 3. The van der Waals surface area contributed by atoms with E-state index in [-0.39, 0.29) is 34.1 Å². The van der Waals surface area contributed by atoms with Gasteiger partial charge in [0, 0.05) is 11.3 Å². The minimum absolute atomic E-state index is 0.0462. The van der Waals surface area contributed by atoms with E-state index >= 15 is 0 Å². The molecule has 4 aromatic rings. The summed E-state index contributed by atoms with van der Waals surface area (Å²) in [6, 6.07) is 7.79. The molecule has 3 aromatic heterocycles. The molecule has 28 heavy (non-hydrogen) atoms. The van der Waals surface area contributed by atoms with E-state index in [1.54, 1.807) is 0 Å². The molecular weight excluding hydrogens is 376 g/mol. The maximum Gasteiger partial charge on any atom is 0.433 e. The smallest absolute Gasteiger partial charge is 0.369 e. The fraction of sp³-hybridized carbons (Fsp3) is 0.111. The summed E-state index contributed by atoms with van der Waals surface area (Å²) in [4.78, 5) is 7.88. The Balaban J connectivity index is 2.07. The molecule has 0 aliphatic heterocycles. The molecule has 0 unspecified atom stereocenters. The molecule has 142 valence electrons. The minimum atomic E-state index is -4.62. The number of hydrogen-bond acceptors (Lipinski definition) is 5. The van der Waals surface area contributed by atoms with Gasteiger partial charge >= 0.3 is 6.18 Å². The highest BCUT2D eigenvalue weighted by atomic mass is 19.4. The second kappa shape index (κ2) is 6.25. The van der Waals surface area contributed by atoms with Crippen LogP contribution < -0.4 is 5.73 Å². The van der Waals surface area contributed by atoms with E-state index in [1.165, 1.54) is 48.0 Å². The molecule has 2 N–H and O–H groups in total. The number of rotatable bonds is 2. The highest BCUT2D eigenvalue weighted by molar-refractivity contribution is 5.90. The Kier molecular flexibility index (Phi) is 3.98. The van der Waals surface area contributed by atoms with Gasteiger partial charge in [0.1, 0.15) is 17.8 Å². The van der Waals surface area contributed by atoms with Crippen molar-refractivity contribution < 1.29 is 17.6 Å². The van der Waals surface area contributed by atoms with Gasteiger partial charge in [0.05, 0.1) is 11.3 Å². The second-order valence-electron chi connectivity index (χ2n) is 6.11. The molecule has 6 nitrogen and oxygen atoms in total. The van der Waals surface area contributed by atoms with Crippen LogP contribution in [0.4, 0.5) is 23.5 Å². The average molecular weight is 388 g/mol. The van der Waals surface area contributed by atoms with E-state index < -0.39 is 17.7 Å². The minimum Gasteiger partial charge on any atom is -0.369 e. The molecule has 3 heterocycles. The first-order valence-electron chi connectivity index (χ1n) is 8.05. The van der Waals surface area contributed by atoms with Gasteiger partial charge in [-0.2, -0.15) is 13.2 Å². The van der Waals surface area contributed by atoms with Crippen LogP contribution in [0.5, 0.6) is 0 Å². The summed E-state index contributed by atoms with van der Waals surface area (Å²) in [6.45, 7) is 1.46. The normalized spacial score (nSPS) is 11.9. The molecule has 0 spiro atoms. The van der Waals surface area contributed by atoms with Crippen molar-refractivity contribution in [3.05, 3.63) is 59.9 Å². The molecule has 0 saturated carbocycles. The predicted octanol–water partition coefficient (Wildman–Crippen LogP) is 3.90. The van der Waals surface area contributed by atoms with Crippen molar-refractivity contribution in [1.82, 2.24) is 24.6 Å². The van der Waals surface area contributed by atoms with Crippen LogP contribution in [0.25, 0.3) is 28.0 Å². The Morgan fingerprint density at radius 1 is 1.00 bits per heavy atom. The maximum absolute atomic E-state index is 13.3. The van der Waals surface area contributed by atoms with Crippen molar-refractivity contribution >= 4 is 11.6 Å². The number of fused-ring (bicyclic) bond motifs is 1. The van der Waals surface area contributed by atoms with Gasteiger partial charge in [-0.15, -0.1) is 10.2 Å². The fourth-order valence-corrected chi connectivity index (χ4v) is 2.94. The predicted molar refractivity (Wildman–Crippen MR) is 93.6 cm³/mol. The van der Waals surface area contributed by atoms with Gasteiger partial charge in [0.2, 0.25) is 5.95 Å². The molecule has 0 aliphatic carbocycles. The number of pyridine rings is 1. The van der Waals surface area contributed by atoms with Crippen LogP contribution >= 0.6 is 0 Å². The summed E-state index contributed by atoms with van der Waals surface area (Å²) in [6.07, 6.45) is -3.31. The van der Waals surface area contributed by atoms with E-state index in [2.05, 4.69) is 20.2 Å². The van der Waals surface area contributed by atoms with Crippen molar-refractivity contribution in [1.29, 1.82) is 0 Å². The summed E-state index contributed by atoms with van der Waals surface area (Å²) in [5.41, 5.74) is 6.52. The van der Waals surface area contributed by atoms with E-state index in [1.807, 2.05) is 0 Å². The monoisotopic (exact) mass is 388 g/mol. The number of aromatic nitrogens is 5. The number of nitrogens with two attached hydrogens (primary N) is 1. The lowest BCUT2D eigenvalue weighted by molar-refractivity contribution is -0.141. The first kappa shape index (κ1) is 17.8. The molecular formula is C18H12F4N6. The van der Waals surface area contributed by atoms with Crippen molar-refractivity contribution in [2.45, 2.75) is 13.1 Å². The van der Waals surface area contributed by atoms with Crippen molar-refractivity contribution in [3.8, 4) is 22.4 Å². The number of nitrogen functional groups attached to an aromatic ring is 1. The number of aryl methyl sites for hydroxylation is 1. The zero-order valence-electron chi connectivity index (χ0n) is 14.4. The largest absolute Gasteiger partial charge is 0.433 e. The third kappa shape index (κ3) is 3.02. The molecule has 0 amide bonds. The topological polar surface area (TPSA) is 82.0 Å².